The van der Waals surface area contributed by atoms with Gasteiger partial charge in [-0.15, -0.1) is 0 Å². The van der Waals surface area contributed by atoms with E-state index < -0.39 is 10.9 Å². The van der Waals surface area contributed by atoms with Gasteiger partial charge >= 0.3 is 5.97 Å². The number of nitro benzene ring substituents is 1. The molecule has 0 aliphatic rings. The number of hydrogen-bond donors (Lipinski definition) is 1. The number of halogens is 1. The average molecular weight is 331 g/mol. The predicted octanol–water partition coefficient (Wildman–Crippen LogP) is 2.65. The number of hydrogen-bond acceptors (Lipinski definition) is 4. The Morgan fingerprint density at radius 1 is 1.53 bits per heavy atom. The predicted molar refractivity (Wildman–Crippen MR) is 74.0 cm³/mol. The molecule has 0 bridgehead atoms. The molecule has 1 N–H and O–H groups in total. The first-order chi connectivity index (χ1) is 8.90. The van der Waals surface area contributed by atoms with Crippen LogP contribution in [0.3, 0.4) is 0 Å². The van der Waals surface area contributed by atoms with E-state index in [2.05, 4.69) is 15.9 Å². The van der Waals surface area contributed by atoms with Gasteiger partial charge in [0.15, 0.2) is 0 Å². The molecule has 1 aromatic carbocycles. The molecule has 1 rings (SSSR count). The van der Waals surface area contributed by atoms with E-state index in [4.69, 9.17) is 5.11 Å². The average Bonchev–Trinajstić information content (AvgIpc) is 2.31. The van der Waals surface area contributed by atoms with E-state index in [0.29, 0.717) is 24.0 Å². The van der Waals surface area contributed by atoms with Crippen molar-refractivity contribution < 1.29 is 14.8 Å². The number of aliphatic carboxylic acids is 1. The van der Waals surface area contributed by atoms with Gasteiger partial charge in [0.2, 0.25) is 0 Å². The van der Waals surface area contributed by atoms with Gasteiger partial charge in [-0.25, -0.2) is 0 Å². The van der Waals surface area contributed by atoms with E-state index in [0.717, 1.165) is 5.56 Å². The Morgan fingerprint density at radius 2 is 2.21 bits per heavy atom. The van der Waals surface area contributed by atoms with E-state index in [1.807, 2.05) is 11.9 Å². The second-order valence-electron chi connectivity index (χ2n) is 4.27. The largest absolute Gasteiger partial charge is 0.481 e. The van der Waals surface area contributed by atoms with Crippen LogP contribution in [0.2, 0.25) is 0 Å². The second-order valence-corrected chi connectivity index (χ2v) is 5.12. The van der Waals surface area contributed by atoms with Crippen molar-refractivity contribution in [2.75, 3.05) is 13.6 Å². The van der Waals surface area contributed by atoms with Crippen LogP contribution in [-0.2, 0) is 11.3 Å². The van der Waals surface area contributed by atoms with Crippen molar-refractivity contribution in [3.63, 3.8) is 0 Å². The molecule has 0 spiro atoms. The number of nitrogens with zero attached hydrogens (tertiary/aromatic N) is 2. The third-order valence-corrected chi connectivity index (χ3v) is 3.36. The van der Waals surface area contributed by atoms with Crippen LogP contribution in [0.25, 0.3) is 0 Å². The first kappa shape index (κ1) is 15.6. The Kier molecular flexibility index (Phi) is 5.91. The van der Waals surface area contributed by atoms with Crippen LogP contribution in [0.5, 0.6) is 0 Å². The number of nitro groups is 1. The minimum Gasteiger partial charge on any atom is -0.481 e. The fourth-order valence-corrected chi connectivity index (χ4v) is 2.14. The molecule has 0 saturated heterocycles. The van der Waals surface area contributed by atoms with E-state index in [-0.39, 0.29) is 12.1 Å². The van der Waals surface area contributed by atoms with Crippen molar-refractivity contribution in [3.05, 3.63) is 38.3 Å². The topological polar surface area (TPSA) is 83.7 Å². The van der Waals surface area contributed by atoms with E-state index in [9.17, 15) is 14.9 Å². The summed E-state index contributed by atoms with van der Waals surface area (Å²) in [6, 6.07) is 4.64. The Hall–Kier alpha value is -1.47. The van der Waals surface area contributed by atoms with Crippen LogP contribution >= 0.6 is 15.9 Å². The summed E-state index contributed by atoms with van der Waals surface area (Å²) in [4.78, 5) is 22.6. The van der Waals surface area contributed by atoms with Gasteiger partial charge < -0.3 is 10.0 Å². The molecule has 1 aromatic rings. The molecule has 0 atom stereocenters. The Balaban J connectivity index is 2.57. The Bertz CT molecular complexity index is 479. The fourth-order valence-electron chi connectivity index (χ4n) is 1.65. The highest BCUT2D eigenvalue weighted by atomic mass is 79.9. The third-order valence-electron chi connectivity index (χ3n) is 2.62. The molecule has 0 heterocycles. The smallest absolute Gasteiger partial charge is 0.303 e. The summed E-state index contributed by atoms with van der Waals surface area (Å²) in [7, 11) is 1.88. The molecule has 0 fully saturated rings. The van der Waals surface area contributed by atoms with Gasteiger partial charge in [-0.1, -0.05) is 15.9 Å². The summed E-state index contributed by atoms with van der Waals surface area (Å²) in [6.07, 6.45) is 0.724. The summed E-state index contributed by atoms with van der Waals surface area (Å²) in [5, 5.41) is 19.2. The molecule has 6 nitrogen and oxygen atoms in total. The first-order valence-corrected chi connectivity index (χ1v) is 6.52. The number of carboxylic acids is 1. The van der Waals surface area contributed by atoms with Crippen LogP contribution in [0.1, 0.15) is 18.4 Å². The fraction of sp³-hybridized carbons (Fsp3) is 0.417. The summed E-state index contributed by atoms with van der Waals surface area (Å²) in [5.74, 6) is -0.801. The van der Waals surface area contributed by atoms with Crippen LogP contribution in [-0.4, -0.2) is 34.5 Å². The monoisotopic (exact) mass is 330 g/mol. The van der Waals surface area contributed by atoms with Gasteiger partial charge in [0.05, 0.1) is 4.92 Å². The van der Waals surface area contributed by atoms with Gasteiger partial charge in [0, 0.05) is 29.6 Å². The molecular formula is C12H15BrN2O4. The van der Waals surface area contributed by atoms with Crippen molar-refractivity contribution in [2.45, 2.75) is 19.4 Å². The molecule has 7 heteroatoms. The number of carboxylic acid groups (broad SMARTS) is 1. The Morgan fingerprint density at radius 3 is 2.74 bits per heavy atom. The molecule has 0 unspecified atom stereocenters. The minimum absolute atomic E-state index is 0.0455. The molecule has 19 heavy (non-hydrogen) atoms. The van der Waals surface area contributed by atoms with Crippen molar-refractivity contribution >= 4 is 27.6 Å². The van der Waals surface area contributed by atoms with Crippen LogP contribution in [0.4, 0.5) is 5.69 Å². The van der Waals surface area contributed by atoms with Gasteiger partial charge in [-0.05, 0) is 31.6 Å². The second kappa shape index (κ2) is 7.20. The van der Waals surface area contributed by atoms with Crippen molar-refractivity contribution in [3.8, 4) is 0 Å². The number of rotatable bonds is 7. The van der Waals surface area contributed by atoms with Gasteiger partial charge in [-0.2, -0.15) is 0 Å². The van der Waals surface area contributed by atoms with E-state index >= 15 is 0 Å². The van der Waals surface area contributed by atoms with Crippen molar-refractivity contribution in [1.29, 1.82) is 0 Å². The molecule has 0 aromatic heterocycles. The zero-order valence-corrected chi connectivity index (χ0v) is 12.1. The third kappa shape index (κ3) is 5.35. The molecule has 0 radical (unpaired) electrons. The summed E-state index contributed by atoms with van der Waals surface area (Å²) in [6.45, 7) is 1.27. The summed E-state index contributed by atoms with van der Waals surface area (Å²) < 4.78 is 0.687. The van der Waals surface area contributed by atoms with Gasteiger partial charge in [0.1, 0.15) is 0 Å². The van der Waals surface area contributed by atoms with Crippen LogP contribution < -0.4 is 0 Å². The molecular weight excluding hydrogens is 316 g/mol. The minimum atomic E-state index is -0.801. The lowest BCUT2D eigenvalue weighted by Gasteiger charge is -2.16. The SMILES string of the molecule is CN(CCCC(=O)O)Cc1ccc([N+](=O)[O-])cc1Br. The lowest BCUT2D eigenvalue weighted by molar-refractivity contribution is -0.384. The maximum atomic E-state index is 10.6. The highest BCUT2D eigenvalue weighted by Crippen LogP contribution is 2.23. The normalized spacial score (nSPS) is 10.7. The lowest BCUT2D eigenvalue weighted by atomic mass is 10.2. The quantitative estimate of drug-likeness (QED) is 0.613. The molecule has 0 saturated carbocycles. The molecule has 0 amide bonds. The van der Waals surface area contributed by atoms with Crippen LogP contribution in [0, 0.1) is 10.1 Å². The van der Waals surface area contributed by atoms with E-state index in [1.165, 1.54) is 12.1 Å². The number of carbonyl (C=O) groups is 1. The summed E-state index contributed by atoms with van der Waals surface area (Å²) in [5.41, 5.74) is 0.979. The van der Waals surface area contributed by atoms with Crippen LogP contribution in [0.15, 0.2) is 22.7 Å². The first-order valence-electron chi connectivity index (χ1n) is 5.73. The molecule has 104 valence electrons. The molecule has 0 aliphatic carbocycles. The molecule has 0 aliphatic heterocycles. The maximum Gasteiger partial charge on any atom is 0.303 e. The van der Waals surface area contributed by atoms with Gasteiger partial charge in [-0.3, -0.25) is 14.9 Å². The summed E-state index contributed by atoms with van der Waals surface area (Å²) >= 11 is 3.31. The number of non-ortho nitro benzene ring substituents is 1. The van der Waals surface area contributed by atoms with Crippen molar-refractivity contribution in [2.24, 2.45) is 0 Å². The number of benzene rings is 1. The lowest BCUT2D eigenvalue weighted by Crippen LogP contribution is -2.20. The highest BCUT2D eigenvalue weighted by Gasteiger charge is 2.10. The highest BCUT2D eigenvalue weighted by molar-refractivity contribution is 9.10. The van der Waals surface area contributed by atoms with E-state index in [1.54, 1.807) is 6.07 Å². The zero-order valence-electron chi connectivity index (χ0n) is 10.5. The standard InChI is InChI=1S/C12H15BrN2O4/c1-14(6-2-3-12(16)17)8-9-4-5-10(15(18)19)7-11(9)13/h4-5,7H,2-3,6,8H2,1H3,(H,16,17). The van der Waals surface area contributed by atoms with Gasteiger partial charge in [0.25, 0.3) is 5.69 Å². The zero-order chi connectivity index (χ0) is 14.4. The maximum absolute atomic E-state index is 10.6. The van der Waals surface area contributed by atoms with Crippen molar-refractivity contribution in [1.82, 2.24) is 4.90 Å². The Labute approximate surface area is 119 Å².